The molecule has 0 heteroatoms. The Morgan fingerprint density at radius 1 is 1.00 bits per heavy atom. The molecule has 0 nitrogen and oxygen atoms in total. The molecule has 0 aliphatic heterocycles. The average molecular weight is 172 g/mol. The first kappa shape index (κ1) is 7.61. The van der Waals surface area contributed by atoms with E-state index in [4.69, 9.17) is 0 Å². The van der Waals surface area contributed by atoms with Crippen LogP contribution in [0.2, 0.25) is 0 Å². The van der Waals surface area contributed by atoms with Crippen molar-refractivity contribution in [3.05, 3.63) is 33.9 Å². The highest BCUT2D eigenvalue weighted by atomic mass is 14.3. The molecule has 0 amide bonds. The quantitative estimate of drug-likeness (QED) is 0.611. The first-order valence-electron chi connectivity index (χ1n) is 5.55. The van der Waals surface area contributed by atoms with Crippen LogP contribution < -0.4 is 0 Å². The molecule has 68 valence electrons. The van der Waals surface area contributed by atoms with Crippen LogP contribution in [0.3, 0.4) is 0 Å². The molecule has 0 unspecified atom stereocenters. The van der Waals surface area contributed by atoms with E-state index in [0.717, 1.165) is 0 Å². The Balaban J connectivity index is 2.25. The third kappa shape index (κ3) is 0.919. The Hall–Kier alpha value is -0.780. The van der Waals surface area contributed by atoms with Gasteiger partial charge >= 0.3 is 0 Å². The fourth-order valence-corrected chi connectivity index (χ4v) is 2.99. The summed E-state index contributed by atoms with van der Waals surface area (Å²) in [6, 6.07) is 2.49. The molecule has 0 bridgehead atoms. The van der Waals surface area contributed by atoms with Gasteiger partial charge < -0.3 is 0 Å². The molecule has 0 atom stereocenters. The van der Waals surface area contributed by atoms with Gasteiger partial charge in [-0.1, -0.05) is 13.0 Å². The third-order valence-electron chi connectivity index (χ3n) is 3.72. The maximum Gasteiger partial charge on any atom is -0.0233 e. The second-order valence-corrected chi connectivity index (χ2v) is 4.34. The minimum absolute atomic E-state index is 1.26. The second kappa shape index (κ2) is 2.60. The number of aryl methyl sites for hydroxylation is 2. The summed E-state index contributed by atoms with van der Waals surface area (Å²) >= 11 is 0. The highest BCUT2D eigenvalue weighted by Gasteiger charge is 2.23. The molecular weight excluding hydrogens is 156 g/mol. The summed E-state index contributed by atoms with van der Waals surface area (Å²) in [4.78, 5) is 0. The van der Waals surface area contributed by atoms with Gasteiger partial charge in [0.25, 0.3) is 0 Å². The van der Waals surface area contributed by atoms with Crippen LogP contribution in [-0.4, -0.2) is 0 Å². The maximum absolute atomic E-state index is 2.49. The van der Waals surface area contributed by atoms with E-state index in [1.165, 1.54) is 38.5 Å². The number of rotatable bonds is 1. The third-order valence-corrected chi connectivity index (χ3v) is 3.72. The summed E-state index contributed by atoms with van der Waals surface area (Å²) < 4.78 is 0. The zero-order valence-corrected chi connectivity index (χ0v) is 8.32. The van der Waals surface area contributed by atoms with Crippen LogP contribution in [-0.2, 0) is 32.1 Å². The van der Waals surface area contributed by atoms with Gasteiger partial charge in [-0.25, -0.2) is 0 Å². The smallest absolute Gasteiger partial charge is 0.0233 e. The first-order valence-corrected chi connectivity index (χ1v) is 5.55. The molecule has 0 radical (unpaired) electrons. The van der Waals surface area contributed by atoms with Crippen molar-refractivity contribution in [2.24, 2.45) is 0 Å². The van der Waals surface area contributed by atoms with Crippen LogP contribution in [0.5, 0.6) is 0 Å². The first-order chi connectivity index (χ1) is 6.40. The molecule has 1 aromatic carbocycles. The Labute approximate surface area is 80.0 Å². The van der Waals surface area contributed by atoms with Crippen molar-refractivity contribution in [2.75, 3.05) is 0 Å². The van der Waals surface area contributed by atoms with Crippen LogP contribution in [0.25, 0.3) is 0 Å². The Bertz CT molecular complexity index is 361. The Morgan fingerprint density at radius 2 is 1.77 bits per heavy atom. The van der Waals surface area contributed by atoms with Gasteiger partial charge in [-0.2, -0.15) is 0 Å². The summed E-state index contributed by atoms with van der Waals surface area (Å²) in [7, 11) is 0. The minimum Gasteiger partial charge on any atom is -0.0613 e. The molecule has 0 heterocycles. The van der Waals surface area contributed by atoms with Gasteiger partial charge in [0, 0.05) is 0 Å². The van der Waals surface area contributed by atoms with Crippen LogP contribution in [0, 0.1) is 0 Å². The molecule has 0 fully saturated rings. The van der Waals surface area contributed by atoms with Crippen molar-refractivity contribution in [3.63, 3.8) is 0 Å². The molecule has 2 aliphatic carbocycles. The van der Waals surface area contributed by atoms with E-state index >= 15 is 0 Å². The number of hydrogen-bond acceptors (Lipinski definition) is 0. The lowest BCUT2D eigenvalue weighted by Gasteiger charge is -2.25. The summed E-state index contributed by atoms with van der Waals surface area (Å²) in [6.07, 6.45) is 8.04. The van der Waals surface area contributed by atoms with E-state index in [9.17, 15) is 0 Å². The van der Waals surface area contributed by atoms with Gasteiger partial charge in [-0.05, 0) is 66.3 Å². The lowest BCUT2D eigenvalue weighted by molar-refractivity contribution is 0.805. The SMILES string of the molecule is CCc1c2c(cc3c1CC3)CCC2. The predicted molar refractivity (Wildman–Crippen MR) is 55.3 cm³/mol. The van der Waals surface area contributed by atoms with Crippen molar-refractivity contribution >= 4 is 0 Å². The number of benzene rings is 1. The van der Waals surface area contributed by atoms with Gasteiger partial charge in [0.15, 0.2) is 0 Å². The van der Waals surface area contributed by atoms with Crippen LogP contribution in [0.1, 0.15) is 41.2 Å². The molecule has 0 N–H and O–H groups in total. The van der Waals surface area contributed by atoms with Gasteiger partial charge in [-0.15, -0.1) is 0 Å². The molecular formula is C13H16. The van der Waals surface area contributed by atoms with E-state index < -0.39 is 0 Å². The van der Waals surface area contributed by atoms with E-state index in [0.29, 0.717) is 0 Å². The van der Waals surface area contributed by atoms with Crippen molar-refractivity contribution in [1.82, 2.24) is 0 Å². The van der Waals surface area contributed by atoms with Crippen molar-refractivity contribution in [2.45, 2.75) is 45.4 Å². The normalized spacial score (nSPS) is 17.9. The lowest BCUT2D eigenvalue weighted by Crippen LogP contribution is -2.14. The molecule has 0 saturated heterocycles. The summed E-state index contributed by atoms with van der Waals surface area (Å²) in [6.45, 7) is 2.31. The zero-order valence-electron chi connectivity index (χ0n) is 8.32. The summed E-state index contributed by atoms with van der Waals surface area (Å²) in [5.74, 6) is 0. The highest BCUT2D eigenvalue weighted by Crippen LogP contribution is 2.36. The molecule has 0 spiro atoms. The Kier molecular flexibility index (Phi) is 1.52. The monoisotopic (exact) mass is 172 g/mol. The van der Waals surface area contributed by atoms with E-state index in [1.54, 1.807) is 27.8 Å². The zero-order chi connectivity index (χ0) is 8.84. The second-order valence-electron chi connectivity index (χ2n) is 4.34. The highest BCUT2D eigenvalue weighted by molar-refractivity contribution is 5.52. The minimum atomic E-state index is 1.26. The van der Waals surface area contributed by atoms with E-state index in [2.05, 4.69) is 13.0 Å². The Morgan fingerprint density at radius 3 is 2.46 bits per heavy atom. The summed E-state index contributed by atoms with van der Waals surface area (Å²) in [5.41, 5.74) is 8.49. The molecule has 0 aromatic heterocycles. The molecule has 0 saturated carbocycles. The van der Waals surface area contributed by atoms with Crippen molar-refractivity contribution in [1.29, 1.82) is 0 Å². The standard InChI is InChI=1S/C13H16/c1-2-11-12-5-3-4-9(12)8-10-6-7-13(10)11/h8H,2-7H2,1H3. The van der Waals surface area contributed by atoms with E-state index in [-0.39, 0.29) is 0 Å². The largest absolute Gasteiger partial charge is 0.0613 e. The maximum atomic E-state index is 2.49. The molecule has 2 aliphatic rings. The van der Waals surface area contributed by atoms with Gasteiger partial charge in [-0.3, -0.25) is 0 Å². The van der Waals surface area contributed by atoms with Crippen molar-refractivity contribution in [3.8, 4) is 0 Å². The van der Waals surface area contributed by atoms with Crippen LogP contribution in [0.15, 0.2) is 6.07 Å². The summed E-state index contributed by atoms with van der Waals surface area (Å²) in [5, 5.41) is 0. The molecule has 13 heavy (non-hydrogen) atoms. The fraction of sp³-hybridized carbons (Fsp3) is 0.538. The fourth-order valence-electron chi connectivity index (χ4n) is 2.99. The molecule has 3 rings (SSSR count). The van der Waals surface area contributed by atoms with Crippen LogP contribution in [0.4, 0.5) is 0 Å². The average Bonchev–Trinajstić information content (AvgIpc) is 2.55. The van der Waals surface area contributed by atoms with Gasteiger partial charge in [0.1, 0.15) is 0 Å². The lowest BCUT2D eigenvalue weighted by atomic mass is 9.80. The topological polar surface area (TPSA) is 0 Å². The van der Waals surface area contributed by atoms with Gasteiger partial charge in [0.2, 0.25) is 0 Å². The molecule has 1 aromatic rings. The van der Waals surface area contributed by atoms with Crippen LogP contribution >= 0.6 is 0 Å². The number of hydrogen-bond donors (Lipinski definition) is 0. The predicted octanol–water partition coefficient (Wildman–Crippen LogP) is 2.84. The van der Waals surface area contributed by atoms with Gasteiger partial charge in [0.05, 0.1) is 0 Å². The van der Waals surface area contributed by atoms with E-state index in [1.807, 2.05) is 0 Å². The van der Waals surface area contributed by atoms with Crippen molar-refractivity contribution < 1.29 is 0 Å². The number of fused-ring (bicyclic) bond motifs is 2.